The maximum Gasteiger partial charge on any atom is 0.266 e. The van der Waals surface area contributed by atoms with Crippen LogP contribution in [-0.2, 0) is 13.1 Å². The van der Waals surface area contributed by atoms with E-state index in [2.05, 4.69) is 36.2 Å². The van der Waals surface area contributed by atoms with Gasteiger partial charge in [0.05, 0.1) is 16.8 Å². The van der Waals surface area contributed by atoms with Crippen LogP contribution < -0.4 is 10.2 Å². The van der Waals surface area contributed by atoms with E-state index in [0.29, 0.717) is 23.4 Å². The monoisotopic (exact) mass is 455 g/mol. The fourth-order valence-corrected chi connectivity index (χ4v) is 4.17. The van der Waals surface area contributed by atoms with Crippen LogP contribution in [0.25, 0.3) is 0 Å². The number of para-hydroxylation sites is 1. The number of fused-ring (bicyclic) bond motifs is 1. The maximum absolute atomic E-state index is 13.0. The summed E-state index contributed by atoms with van der Waals surface area (Å²) in [6, 6.07) is 20.1. The molecule has 1 aliphatic rings. The highest BCUT2D eigenvalue weighted by molar-refractivity contribution is 6.35. The van der Waals surface area contributed by atoms with E-state index in [1.807, 2.05) is 31.2 Å². The largest absolute Gasteiger partial charge is 0.348 e. The molecule has 0 atom stereocenters. The number of nitrogens with zero attached hydrogens (tertiary/aromatic N) is 2. The van der Waals surface area contributed by atoms with Gasteiger partial charge < -0.3 is 5.32 Å². The molecule has 4 rings (SSSR count). The van der Waals surface area contributed by atoms with E-state index < -0.39 is 5.91 Å². The summed E-state index contributed by atoms with van der Waals surface area (Å²) >= 11 is 0. The Hall–Kier alpha value is -3.77. The van der Waals surface area contributed by atoms with Crippen molar-refractivity contribution in [3.8, 4) is 0 Å². The molecule has 34 heavy (non-hydrogen) atoms. The third-order valence-electron chi connectivity index (χ3n) is 6.28. The van der Waals surface area contributed by atoms with E-state index in [-0.39, 0.29) is 17.4 Å². The zero-order valence-electron chi connectivity index (χ0n) is 19.8. The normalized spacial score (nSPS) is 12.9. The van der Waals surface area contributed by atoms with Gasteiger partial charge in [0.1, 0.15) is 0 Å². The van der Waals surface area contributed by atoms with Gasteiger partial charge in [-0.05, 0) is 61.0 Å². The van der Waals surface area contributed by atoms with E-state index >= 15 is 0 Å². The Morgan fingerprint density at radius 3 is 2.18 bits per heavy atom. The van der Waals surface area contributed by atoms with E-state index in [1.165, 1.54) is 16.5 Å². The minimum Gasteiger partial charge on any atom is -0.348 e. The second-order valence-electron chi connectivity index (χ2n) is 8.45. The van der Waals surface area contributed by atoms with Crippen LogP contribution in [0, 0.1) is 6.92 Å². The first kappa shape index (κ1) is 23.4. The molecule has 3 amide bonds. The second-order valence-corrected chi connectivity index (χ2v) is 8.45. The predicted octanol–water partition coefficient (Wildman–Crippen LogP) is 4.57. The van der Waals surface area contributed by atoms with Gasteiger partial charge in [-0.25, -0.2) is 4.90 Å². The average Bonchev–Trinajstić information content (AvgIpc) is 3.11. The minimum atomic E-state index is -0.409. The molecule has 1 aliphatic heterocycles. The van der Waals surface area contributed by atoms with E-state index in [1.54, 1.807) is 24.3 Å². The van der Waals surface area contributed by atoms with Gasteiger partial charge >= 0.3 is 0 Å². The number of carbonyl (C=O) groups excluding carboxylic acids is 3. The van der Waals surface area contributed by atoms with E-state index in [0.717, 1.165) is 30.8 Å². The van der Waals surface area contributed by atoms with Crippen LogP contribution in [-0.4, -0.2) is 35.7 Å². The molecule has 0 fully saturated rings. The van der Waals surface area contributed by atoms with E-state index in [4.69, 9.17) is 0 Å². The number of hydrogen-bond acceptors (Lipinski definition) is 4. The topological polar surface area (TPSA) is 69.7 Å². The molecule has 6 heteroatoms. The van der Waals surface area contributed by atoms with Gasteiger partial charge in [0.25, 0.3) is 17.7 Å². The van der Waals surface area contributed by atoms with Gasteiger partial charge in [-0.2, -0.15) is 0 Å². The molecule has 6 nitrogen and oxygen atoms in total. The minimum absolute atomic E-state index is 0.252. The molecule has 0 saturated heterocycles. The first-order valence-corrected chi connectivity index (χ1v) is 11.6. The number of nitrogens with one attached hydrogen (secondary N) is 1. The first-order valence-electron chi connectivity index (χ1n) is 11.6. The molecular weight excluding hydrogens is 426 g/mol. The van der Waals surface area contributed by atoms with Crippen LogP contribution in [0.2, 0.25) is 0 Å². The molecule has 174 valence electrons. The maximum atomic E-state index is 13.0. The summed E-state index contributed by atoms with van der Waals surface area (Å²) in [6.45, 7) is 9.45. The van der Waals surface area contributed by atoms with Crippen molar-refractivity contribution in [3.63, 3.8) is 0 Å². The molecule has 0 aliphatic carbocycles. The van der Waals surface area contributed by atoms with Crippen LogP contribution in [0.5, 0.6) is 0 Å². The lowest BCUT2D eigenvalue weighted by Crippen LogP contribution is -2.30. The third-order valence-corrected chi connectivity index (χ3v) is 6.28. The number of amides is 3. The molecule has 3 aromatic carbocycles. The SMILES string of the molecule is CCN(CC)Cc1ccc(CNC(=O)c2ccc3c(c2)C(=O)N(c2ccccc2C)C3=O)cc1. The zero-order valence-corrected chi connectivity index (χ0v) is 19.8. The fraction of sp³-hybridized carbons (Fsp3) is 0.250. The number of carbonyl (C=O) groups is 3. The lowest BCUT2D eigenvalue weighted by molar-refractivity contribution is 0.0923. The van der Waals surface area contributed by atoms with Crippen molar-refractivity contribution in [3.05, 3.63) is 100 Å². The summed E-state index contributed by atoms with van der Waals surface area (Å²) in [7, 11) is 0. The summed E-state index contributed by atoms with van der Waals surface area (Å²) in [5.41, 5.74) is 4.54. The Balaban J connectivity index is 1.44. The van der Waals surface area contributed by atoms with E-state index in [9.17, 15) is 14.4 Å². The van der Waals surface area contributed by atoms with Gasteiger partial charge in [0.15, 0.2) is 0 Å². The second kappa shape index (κ2) is 10.0. The molecule has 0 bridgehead atoms. The Bertz CT molecular complexity index is 1230. The van der Waals surface area contributed by atoms with Crippen LogP contribution in [0.1, 0.15) is 61.6 Å². The van der Waals surface area contributed by atoms with Gasteiger partial charge in [-0.3, -0.25) is 19.3 Å². The summed E-state index contributed by atoms with van der Waals surface area (Å²) in [6.07, 6.45) is 0. The molecule has 0 unspecified atom stereocenters. The number of imide groups is 1. The van der Waals surface area contributed by atoms with Gasteiger partial charge in [0.2, 0.25) is 0 Å². The Labute approximate surface area is 200 Å². The number of anilines is 1. The van der Waals surface area contributed by atoms with Crippen molar-refractivity contribution in [2.75, 3.05) is 18.0 Å². The third kappa shape index (κ3) is 4.63. The van der Waals surface area contributed by atoms with Crippen molar-refractivity contribution < 1.29 is 14.4 Å². The molecule has 0 saturated carbocycles. The molecule has 1 heterocycles. The van der Waals surface area contributed by atoms with Crippen molar-refractivity contribution in [2.24, 2.45) is 0 Å². The summed E-state index contributed by atoms with van der Waals surface area (Å²) in [4.78, 5) is 42.2. The van der Waals surface area contributed by atoms with Crippen molar-refractivity contribution in [1.29, 1.82) is 0 Å². The summed E-state index contributed by atoms with van der Waals surface area (Å²) < 4.78 is 0. The number of benzene rings is 3. The Morgan fingerprint density at radius 2 is 1.50 bits per heavy atom. The molecule has 0 radical (unpaired) electrons. The van der Waals surface area contributed by atoms with Crippen LogP contribution >= 0.6 is 0 Å². The highest BCUT2D eigenvalue weighted by atomic mass is 16.2. The average molecular weight is 456 g/mol. The summed E-state index contributed by atoms with van der Waals surface area (Å²) in [5, 5.41) is 2.91. The fourth-order valence-electron chi connectivity index (χ4n) is 4.17. The molecule has 0 aromatic heterocycles. The number of aryl methyl sites for hydroxylation is 1. The van der Waals surface area contributed by atoms with Gasteiger partial charge in [0, 0.05) is 18.7 Å². The lowest BCUT2D eigenvalue weighted by atomic mass is 10.1. The Kier molecular flexibility index (Phi) is 6.89. The van der Waals surface area contributed by atoms with Crippen molar-refractivity contribution >= 4 is 23.4 Å². The standard InChI is InChI=1S/C28H29N3O3/c1-4-30(5-2)18-21-12-10-20(11-13-21)17-29-26(32)22-14-15-23-24(16-22)28(34)31(27(23)33)25-9-7-6-8-19(25)3/h6-16H,4-5,17-18H2,1-3H3,(H,29,32). The van der Waals surface area contributed by atoms with Crippen molar-refractivity contribution in [1.82, 2.24) is 10.2 Å². The first-order chi connectivity index (χ1) is 16.4. The summed E-state index contributed by atoms with van der Waals surface area (Å²) in [5.74, 6) is -1.07. The molecule has 0 spiro atoms. The lowest BCUT2D eigenvalue weighted by Gasteiger charge is -2.18. The van der Waals surface area contributed by atoms with Crippen LogP contribution in [0.4, 0.5) is 5.69 Å². The van der Waals surface area contributed by atoms with Gasteiger partial charge in [-0.1, -0.05) is 56.3 Å². The Morgan fingerprint density at radius 1 is 0.853 bits per heavy atom. The quantitative estimate of drug-likeness (QED) is 0.505. The molecular formula is C28H29N3O3. The number of hydrogen-bond donors (Lipinski definition) is 1. The van der Waals surface area contributed by atoms with Crippen LogP contribution in [0.3, 0.4) is 0 Å². The smallest absolute Gasteiger partial charge is 0.266 e. The molecule has 1 N–H and O–H groups in total. The van der Waals surface area contributed by atoms with Gasteiger partial charge in [-0.15, -0.1) is 0 Å². The van der Waals surface area contributed by atoms with Crippen molar-refractivity contribution in [2.45, 2.75) is 33.9 Å². The highest BCUT2D eigenvalue weighted by Crippen LogP contribution is 2.31. The zero-order chi connectivity index (χ0) is 24.2. The molecule has 3 aromatic rings. The highest BCUT2D eigenvalue weighted by Gasteiger charge is 2.37. The number of rotatable bonds is 8. The van der Waals surface area contributed by atoms with Crippen LogP contribution in [0.15, 0.2) is 66.7 Å². The predicted molar refractivity (Wildman–Crippen MR) is 133 cm³/mol.